The number of nitro groups is 1. The second-order valence-corrected chi connectivity index (χ2v) is 6.04. The second kappa shape index (κ2) is 6.45. The van der Waals surface area contributed by atoms with Crippen molar-refractivity contribution in [2.24, 2.45) is 0 Å². The molecule has 0 radical (unpaired) electrons. The Morgan fingerprint density at radius 1 is 1.25 bits per heavy atom. The summed E-state index contributed by atoms with van der Waals surface area (Å²) >= 11 is 6.05. The fraction of sp³-hybridized carbons (Fsp3) is 0.167. The van der Waals surface area contributed by atoms with Crippen molar-refractivity contribution in [3.8, 4) is 0 Å². The summed E-state index contributed by atoms with van der Waals surface area (Å²) in [6.45, 7) is 2.25. The van der Waals surface area contributed by atoms with Crippen molar-refractivity contribution in [3.05, 3.63) is 74.3 Å². The number of carbonyl (C=O) groups excluding carboxylic acids is 1. The summed E-state index contributed by atoms with van der Waals surface area (Å²) in [5.74, 6) is -0.172. The number of nitrogens with zero attached hydrogens (tertiary/aromatic N) is 2. The molecule has 6 heteroatoms. The number of benzene rings is 2. The summed E-state index contributed by atoms with van der Waals surface area (Å²) in [4.78, 5) is 25.1. The van der Waals surface area contributed by atoms with Crippen molar-refractivity contribution in [2.45, 2.75) is 13.3 Å². The maximum Gasteiger partial charge on any atom is 0.269 e. The Bertz CT molecular complexity index is 861. The van der Waals surface area contributed by atoms with Crippen LogP contribution in [0.4, 0.5) is 11.4 Å². The molecule has 2 aromatic carbocycles. The lowest BCUT2D eigenvalue weighted by molar-refractivity contribution is -0.384. The van der Waals surface area contributed by atoms with Gasteiger partial charge < -0.3 is 4.90 Å². The smallest absolute Gasteiger partial charge is 0.269 e. The van der Waals surface area contributed by atoms with E-state index in [-0.39, 0.29) is 11.6 Å². The molecule has 0 fully saturated rings. The minimum Gasteiger partial charge on any atom is -0.307 e. The van der Waals surface area contributed by atoms with Gasteiger partial charge in [-0.05, 0) is 48.7 Å². The van der Waals surface area contributed by atoms with Gasteiger partial charge in [-0.3, -0.25) is 14.9 Å². The molecule has 0 saturated carbocycles. The van der Waals surface area contributed by atoms with E-state index < -0.39 is 4.92 Å². The van der Waals surface area contributed by atoms with E-state index in [4.69, 9.17) is 11.6 Å². The number of anilines is 1. The van der Waals surface area contributed by atoms with Gasteiger partial charge in [0.25, 0.3) is 11.6 Å². The Balaban J connectivity index is 2.01. The lowest BCUT2D eigenvalue weighted by Crippen LogP contribution is -2.32. The van der Waals surface area contributed by atoms with Gasteiger partial charge in [0.05, 0.1) is 10.6 Å². The topological polar surface area (TPSA) is 63.5 Å². The number of non-ortho nitro benzene ring substituents is 1. The van der Waals surface area contributed by atoms with Crippen LogP contribution in [0.3, 0.4) is 0 Å². The average molecular weight is 343 g/mol. The van der Waals surface area contributed by atoms with E-state index in [1.54, 1.807) is 17.9 Å². The van der Waals surface area contributed by atoms with E-state index in [0.29, 0.717) is 22.7 Å². The number of amides is 1. The first-order valence-corrected chi connectivity index (χ1v) is 7.88. The van der Waals surface area contributed by atoms with E-state index in [1.165, 1.54) is 18.2 Å². The Kier molecular flexibility index (Phi) is 4.36. The van der Waals surface area contributed by atoms with Crippen LogP contribution in [0.25, 0.3) is 6.08 Å². The van der Waals surface area contributed by atoms with E-state index in [2.05, 4.69) is 0 Å². The lowest BCUT2D eigenvalue weighted by atomic mass is 10.1. The molecule has 0 N–H and O–H groups in total. The predicted octanol–water partition coefficient (Wildman–Crippen LogP) is 4.62. The molecule has 0 saturated heterocycles. The monoisotopic (exact) mass is 342 g/mol. The number of hydrogen-bond acceptors (Lipinski definition) is 3. The normalized spacial score (nSPS) is 13.3. The van der Waals surface area contributed by atoms with Gasteiger partial charge in [-0.2, -0.15) is 0 Å². The van der Waals surface area contributed by atoms with Crippen molar-refractivity contribution >= 4 is 35.0 Å². The maximum absolute atomic E-state index is 13.0. The molecular weight excluding hydrogens is 328 g/mol. The summed E-state index contributed by atoms with van der Waals surface area (Å²) in [5.41, 5.74) is 2.70. The number of hydrogen-bond donors (Lipinski definition) is 0. The minimum atomic E-state index is -0.464. The molecule has 24 heavy (non-hydrogen) atoms. The molecule has 0 unspecified atom stereocenters. The molecule has 1 amide bonds. The van der Waals surface area contributed by atoms with Crippen molar-refractivity contribution in [3.63, 3.8) is 0 Å². The van der Waals surface area contributed by atoms with E-state index in [9.17, 15) is 14.9 Å². The van der Waals surface area contributed by atoms with Gasteiger partial charge >= 0.3 is 0 Å². The first-order valence-electron chi connectivity index (χ1n) is 7.50. The summed E-state index contributed by atoms with van der Waals surface area (Å²) in [7, 11) is 0. The Labute approximate surface area is 144 Å². The fourth-order valence-electron chi connectivity index (χ4n) is 2.80. The van der Waals surface area contributed by atoms with E-state index >= 15 is 0 Å². The number of carbonyl (C=O) groups is 1. The molecular formula is C18H15ClN2O3. The van der Waals surface area contributed by atoms with Crippen molar-refractivity contribution in [1.82, 2.24) is 0 Å². The van der Waals surface area contributed by atoms with Crippen LogP contribution >= 0.6 is 11.6 Å². The molecule has 122 valence electrons. The zero-order valence-corrected chi connectivity index (χ0v) is 13.8. The van der Waals surface area contributed by atoms with Gasteiger partial charge in [0.15, 0.2) is 0 Å². The van der Waals surface area contributed by atoms with Crippen LogP contribution in [0.2, 0.25) is 5.02 Å². The molecule has 3 rings (SSSR count). The standard InChI is InChI=1S/C18H15ClN2O3/c1-12-10-15(21(23)24)6-7-16(12)18(22)20-9-3-2-4-13-11-14(19)5-8-17(13)20/h2,4-8,10-11H,3,9H2,1H3. The molecule has 2 aromatic rings. The molecule has 0 spiro atoms. The summed E-state index contributed by atoms with van der Waals surface area (Å²) in [6.07, 6.45) is 4.69. The van der Waals surface area contributed by atoms with Crippen LogP contribution in [-0.2, 0) is 0 Å². The Morgan fingerprint density at radius 3 is 2.75 bits per heavy atom. The largest absolute Gasteiger partial charge is 0.307 e. The quantitative estimate of drug-likeness (QED) is 0.591. The Morgan fingerprint density at radius 2 is 2.04 bits per heavy atom. The van der Waals surface area contributed by atoms with Crippen LogP contribution in [0.1, 0.15) is 27.9 Å². The van der Waals surface area contributed by atoms with Crippen LogP contribution < -0.4 is 4.90 Å². The van der Waals surface area contributed by atoms with Crippen molar-refractivity contribution in [1.29, 1.82) is 0 Å². The summed E-state index contributed by atoms with van der Waals surface area (Å²) in [5, 5.41) is 11.5. The average Bonchev–Trinajstić information content (AvgIpc) is 2.75. The molecule has 0 bridgehead atoms. The third-order valence-electron chi connectivity index (χ3n) is 3.99. The number of nitro benzene ring substituents is 1. The van der Waals surface area contributed by atoms with Crippen LogP contribution in [0, 0.1) is 17.0 Å². The maximum atomic E-state index is 13.0. The molecule has 0 aliphatic carbocycles. The van der Waals surface area contributed by atoms with Gasteiger partial charge in [-0.25, -0.2) is 0 Å². The van der Waals surface area contributed by atoms with Gasteiger partial charge in [-0.1, -0.05) is 23.8 Å². The van der Waals surface area contributed by atoms with Crippen LogP contribution in [0.15, 0.2) is 42.5 Å². The summed E-state index contributed by atoms with van der Waals surface area (Å²) < 4.78 is 0. The molecule has 0 atom stereocenters. The van der Waals surface area contributed by atoms with Gasteiger partial charge in [0, 0.05) is 29.3 Å². The molecule has 1 heterocycles. The highest BCUT2D eigenvalue weighted by molar-refractivity contribution is 6.31. The molecule has 1 aliphatic heterocycles. The van der Waals surface area contributed by atoms with Gasteiger partial charge in [-0.15, -0.1) is 0 Å². The zero-order chi connectivity index (χ0) is 17.3. The molecule has 0 aromatic heterocycles. The first-order chi connectivity index (χ1) is 11.5. The minimum absolute atomic E-state index is 0.0197. The van der Waals surface area contributed by atoms with E-state index in [1.807, 2.05) is 24.3 Å². The van der Waals surface area contributed by atoms with Gasteiger partial charge in [0.2, 0.25) is 0 Å². The number of fused-ring (bicyclic) bond motifs is 1. The van der Waals surface area contributed by atoms with E-state index in [0.717, 1.165) is 17.7 Å². The number of aryl methyl sites for hydroxylation is 1. The molecule has 1 aliphatic rings. The zero-order valence-electron chi connectivity index (χ0n) is 13.0. The first kappa shape index (κ1) is 16.2. The van der Waals surface area contributed by atoms with Crippen molar-refractivity contribution in [2.75, 3.05) is 11.4 Å². The predicted molar refractivity (Wildman–Crippen MR) is 94.6 cm³/mol. The third kappa shape index (κ3) is 3.03. The van der Waals surface area contributed by atoms with Crippen LogP contribution in [-0.4, -0.2) is 17.4 Å². The number of rotatable bonds is 2. The highest BCUT2D eigenvalue weighted by Crippen LogP contribution is 2.30. The SMILES string of the molecule is Cc1cc([N+](=O)[O-])ccc1C(=O)N1CCC=Cc2cc(Cl)ccc21. The number of halogens is 1. The lowest BCUT2D eigenvalue weighted by Gasteiger charge is -2.24. The highest BCUT2D eigenvalue weighted by Gasteiger charge is 2.23. The second-order valence-electron chi connectivity index (χ2n) is 5.61. The van der Waals surface area contributed by atoms with Crippen LogP contribution in [0.5, 0.6) is 0 Å². The fourth-order valence-corrected chi connectivity index (χ4v) is 2.98. The van der Waals surface area contributed by atoms with Crippen molar-refractivity contribution < 1.29 is 9.72 Å². The third-order valence-corrected chi connectivity index (χ3v) is 4.23. The van der Waals surface area contributed by atoms with Gasteiger partial charge in [0.1, 0.15) is 0 Å². The Hall–Kier alpha value is -2.66. The summed E-state index contributed by atoms with van der Waals surface area (Å²) in [6, 6.07) is 9.70. The highest BCUT2D eigenvalue weighted by atomic mass is 35.5. The molecule has 5 nitrogen and oxygen atoms in total.